The van der Waals surface area contributed by atoms with Crippen LogP contribution in [0.4, 0.5) is 5.69 Å². The lowest BCUT2D eigenvalue weighted by Gasteiger charge is -2.36. The van der Waals surface area contributed by atoms with Gasteiger partial charge in [0.2, 0.25) is 0 Å². The zero-order valence-corrected chi connectivity index (χ0v) is 17.5. The number of hydrogen-bond acceptors (Lipinski definition) is 5. The molecule has 0 bridgehead atoms. The maximum atomic E-state index is 5.10. The van der Waals surface area contributed by atoms with E-state index in [4.69, 9.17) is 4.98 Å². The van der Waals surface area contributed by atoms with E-state index >= 15 is 0 Å². The van der Waals surface area contributed by atoms with Crippen molar-refractivity contribution in [2.24, 2.45) is 0 Å². The lowest BCUT2D eigenvalue weighted by molar-refractivity contribution is 0.271. The van der Waals surface area contributed by atoms with E-state index in [1.807, 2.05) is 17.1 Å². The number of rotatable bonds is 5. The van der Waals surface area contributed by atoms with Gasteiger partial charge in [0.25, 0.3) is 0 Å². The summed E-state index contributed by atoms with van der Waals surface area (Å²) in [5.41, 5.74) is 5.37. The lowest BCUT2D eigenvalue weighted by Crippen LogP contribution is -2.46. The van der Waals surface area contributed by atoms with Crippen molar-refractivity contribution in [2.75, 3.05) is 37.6 Å². The smallest absolute Gasteiger partial charge is 0.138 e. The van der Waals surface area contributed by atoms with Crippen molar-refractivity contribution in [3.05, 3.63) is 54.7 Å². The highest BCUT2D eigenvalue weighted by atomic mass is 15.3. The molecule has 0 unspecified atom stereocenters. The van der Waals surface area contributed by atoms with Crippen LogP contribution in [-0.2, 0) is 6.42 Å². The van der Waals surface area contributed by atoms with Gasteiger partial charge in [-0.25, -0.2) is 9.97 Å². The molecule has 0 saturated carbocycles. The molecule has 5 rings (SSSR count). The molecular formula is C23H27N7. The average Bonchev–Trinajstić information content (AvgIpc) is 3.48. The number of aryl methyl sites for hydroxylation is 1. The lowest BCUT2D eigenvalue weighted by atomic mass is 10.1. The molecule has 1 saturated heterocycles. The van der Waals surface area contributed by atoms with Crippen molar-refractivity contribution < 1.29 is 0 Å². The molecule has 1 N–H and O–H groups in total. The van der Waals surface area contributed by atoms with Gasteiger partial charge in [-0.05, 0) is 31.2 Å². The minimum absolute atomic E-state index is 0.887. The molecule has 1 fully saturated rings. The average molecular weight is 402 g/mol. The predicted molar refractivity (Wildman–Crippen MR) is 120 cm³/mol. The Bertz CT molecular complexity index is 1150. The largest absolute Gasteiger partial charge is 0.367 e. The van der Waals surface area contributed by atoms with Crippen molar-refractivity contribution >= 4 is 16.6 Å². The van der Waals surface area contributed by atoms with Crippen LogP contribution in [-0.4, -0.2) is 62.4 Å². The van der Waals surface area contributed by atoms with Crippen molar-refractivity contribution in [2.45, 2.75) is 20.3 Å². The second kappa shape index (κ2) is 7.91. The number of aromatic nitrogens is 5. The number of benzene rings is 1. The molecule has 3 aromatic heterocycles. The molecule has 7 nitrogen and oxygen atoms in total. The number of pyridine rings is 1. The number of aromatic amines is 1. The third-order valence-electron chi connectivity index (χ3n) is 6.00. The fourth-order valence-electron chi connectivity index (χ4n) is 4.11. The van der Waals surface area contributed by atoms with E-state index in [0.29, 0.717) is 0 Å². The molecule has 1 aromatic carbocycles. The summed E-state index contributed by atoms with van der Waals surface area (Å²) < 4.78 is 2.01. The van der Waals surface area contributed by atoms with Crippen LogP contribution in [0, 0.1) is 0 Å². The van der Waals surface area contributed by atoms with E-state index in [2.05, 4.69) is 75.4 Å². The summed E-state index contributed by atoms with van der Waals surface area (Å²) in [6.07, 6.45) is 6.67. The zero-order valence-electron chi connectivity index (χ0n) is 17.5. The highest BCUT2D eigenvalue weighted by Crippen LogP contribution is 2.32. The second-order valence-electron chi connectivity index (χ2n) is 7.76. The van der Waals surface area contributed by atoms with Crippen molar-refractivity contribution in [1.82, 2.24) is 29.6 Å². The van der Waals surface area contributed by atoms with Gasteiger partial charge < -0.3 is 9.80 Å². The topological polar surface area (TPSA) is 65.9 Å². The Morgan fingerprint density at radius 1 is 1.03 bits per heavy atom. The Morgan fingerprint density at radius 3 is 2.67 bits per heavy atom. The summed E-state index contributed by atoms with van der Waals surface area (Å²) >= 11 is 0. The van der Waals surface area contributed by atoms with Gasteiger partial charge >= 0.3 is 0 Å². The third-order valence-corrected chi connectivity index (χ3v) is 6.00. The summed E-state index contributed by atoms with van der Waals surface area (Å²) in [4.78, 5) is 14.5. The Morgan fingerprint density at radius 2 is 1.90 bits per heavy atom. The summed E-state index contributed by atoms with van der Waals surface area (Å²) in [6, 6.07) is 10.7. The maximum absolute atomic E-state index is 5.10. The molecular weight excluding hydrogens is 374 g/mol. The van der Waals surface area contributed by atoms with Gasteiger partial charge in [0.15, 0.2) is 0 Å². The highest BCUT2D eigenvalue weighted by Gasteiger charge is 2.21. The maximum Gasteiger partial charge on any atom is 0.138 e. The highest BCUT2D eigenvalue weighted by molar-refractivity contribution is 5.86. The normalized spacial score (nSPS) is 15.2. The molecule has 30 heavy (non-hydrogen) atoms. The van der Waals surface area contributed by atoms with Gasteiger partial charge in [-0.2, -0.15) is 5.10 Å². The van der Waals surface area contributed by atoms with Crippen LogP contribution in [0.15, 0.2) is 49.1 Å². The molecule has 0 radical (unpaired) electrons. The van der Waals surface area contributed by atoms with Gasteiger partial charge in [0.1, 0.15) is 12.1 Å². The SMILES string of the molecule is CCc1cn(-c2ccc(N3CCN(CC)CC3)c(-c3ccc4cn[nH]c4c3)n2)cn1. The van der Waals surface area contributed by atoms with Crippen molar-refractivity contribution in [1.29, 1.82) is 0 Å². The van der Waals surface area contributed by atoms with Crippen LogP contribution >= 0.6 is 0 Å². The number of nitrogens with zero attached hydrogens (tertiary/aromatic N) is 6. The van der Waals surface area contributed by atoms with Gasteiger partial charge in [-0.3, -0.25) is 9.67 Å². The number of piperazine rings is 1. The summed E-state index contributed by atoms with van der Waals surface area (Å²) in [6.45, 7) is 9.64. The van der Waals surface area contributed by atoms with E-state index in [1.54, 1.807) is 0 Å². The van der Waals surface area contributed by atoms with Crippen LogP contribution in [0.1, 0.15) is 19.5 Å². The number of anilines is 1. The number of hydrogen-bond donors (Lipinski definition) is 1. The first-order valence-corrected chi connectivity index (χ1v) is 10.7. The summed E-state index contributed by atoms with van der Waals surface area (Å²) in [7, 11) is 0. The quantitative estimate of drug-likeness (QED) is 0.554. The molecule has 0 amide bonds. The molecule has 154 valence electrons. The Kier molecular flexibility index (Phi) is 4.96. The summed E-state index contributed by atoms with van der Waals surface area (Å²) in [5, 5.41) is 8.36. The minimum atomic E-state index is 0.887. The predicted octanol–water partition coefficient (Wildman–Crippen LogP) is 3.51. The van der Waals surface area contributed by atoms with E-state index in [1.165, 1.54) is 5.69 Å². The molecule has 1 aliphatic heterocycles. The molecule has 7 heteroatoms. The molecule has 0 atom stereocenters. The molecule has 4 aromatic rings. The molecule has 1 aliphatic rings. The van der Waals surface area contributed by atoms with Gasteiger partial charge in [0, 0.05) is 43.3 Å². The van der Waals surface area contributed by atoms with Crippen LogP contribution in [0.5, 0.6) is 0 Å². The molecule has 0 spiro atoms. The van der Waals surface area contributed by atoms with Crippen LogP contribution in [0.3, 0.4) is 0 Å². The van der Waals surface area contributed by atoms with E-state index in [9.17, 15) is 0 Å². The minimum Gasteiger partial charge on any atom is -0.367 e. The third kappa shape index (κ3) is 3.45. The number of H-pyrrole nitrogens is 1. The fraction of sp³-hybridized carbons (Fsp3) is 0.348. The van der Waals surface area contributed by atoms with Gasteiger partial charge in [-0.15, -0.1) is 0 Å². The van der Waals surface area contributed by atoms with E-state index in [0.717, 1.165) is 72.8 Å². The van der Waals surface area contributed by atoms with Gasteiger partial charge in [0.05, 0.1) is 28.8 Å². The fourth-order valence-corrected chi connectivity index (χ4v) is 4.11. The van der Waals surface area contributed by atoms with E-state index in [-0.39, 0.29) is 0 Å². The number of fused-ring (bicyclic) bond motifs is 1. The van der Waals surface area contributed by atoms with Crippen molar-refractivity contribution in [3.63, 3.8) is 0 Å². The Labute approximate surface area is 176 Å². The van der Waals surface area contributed by atoms with Crippen LogP contribution in [0.2, 0.25) is 0 Å². The monoisotopic (exact) mass is 401 g/mol. The number of likely N-dealkylation sites (N-methyl/N-ethyl adjacent to an activating group) is 1. The van der Waals surface area contributed by atoms with Crippen LogP contribution < -0.4 is 4.90 Å². The standard InChI is InChI=1S/C23H27N7/c1-3-19-15-30(16-24-19)22-8-7-21(29-11-9-28(4-2)10-12-29)23(26-22)17-5-6-18-14-25-27-20(18)13-17/h5-8,13-16H,3-4,9-12H2,1-2H3,(H,25,27). The molecule has 4 heterocycles. The summed E-state index contributed by atoms with van der Waals surface area (Å²) in [5.74, 6) is 0.887. The zero-order chi connectivity index (χ0) is 20.5. The van der Waals surface area contributed by atoms with Crippen molar-refractivity contribution in [3.8, 4) is 17.1 Å². The number of imidazole rings is 1. The van der Waals surface area contributed by atoms with Gasteiger partial charge in [-0.1, -0.05) is 26.0 Å². The second-order valence-corrected chi connectivity index (χ2v) is 7.76. The first-order chi connectivity index (χ1) is 14.7. The first kappa shape index (κ1) is 18.8. The Hall–Kier alpha value is -3.19. The number of nitrogens with one attached hydrogen (secondary N) is 1. The first-order valence-electron chi connectivity index (χ1n) is 10.7. The Balaban J connectivity index is 1.58. The van der Waals surface area contributed by atoms with Crippen LogP contribution in [0.25, 0.3) is 28.0 Å². The molecule has 0 aliphatic carbocycles. The van der Waals surface area contributed by atoms with E-state index < -0.39 is 0 Å².